The SMILES string of the molecule is CN(C)c1ccc(C(O)c2cnc(N)s2)cc1. The highest BCUT2D eigenvalue weighted by Gasteiger charge is 2.13. The third-order valence-corrected chi connectivity index (χ3v) is 3.42. The van der Waals surface area contributed by atoms with E-state index in [1.807, 2.05) is 43.3 Å². The van der Waals surface area contributed by atoms with E-state index >= 15 is 0 Å². The molecule has 0 saturated heterocycles. The number of nitrogens with zero attached hydrogens (tertiary/aromatic N) is 2. The fraction of sp³-hybridized carbons (Fsp3) is 0.250. The zero-order chi connectivity index (χ0) is 12.4. The number of aromatic nitrogens is 1. The van der Waals surface area contributed by atoms with Crippen molar-refractivity contribution in [2.75, 3.05) is 24.7 Å². The van der Waals surface area contributed by atoms with Crippen LogP contribution in [0.25, 0.3) is 0 Å². The van der Waals surface area contributed by atoms with Gasteiger partial charge in [0, 0.05) is 26.0 Å². The summed E-state index contributed by atoms with van der Waals surface area (Å²) in [5.41, 5.74) is 7.50. The Morgan fingerprint density at radius 2 is 1.94 bits per heavy atom. The van der Waals surface area contributed by atoms with E-state index in [1.165, 1.54) is 11.3 Å². The van der Waals surface area contributed by atoms with E-state index in [-0.39, 0.29) is 0 Å². The smallest absolute Gasteiger partial charge is 0.180 e. The van der Waals surface area contributed by atoms with Crippen molar-refractivity contribution in [1.82, 2.24) is 4.98 Å². The molecule has 0 aliphatic heterocycles. The fourth-order valence-corrected chi connectivity index (χ4v) is 2.25. The Morgan fingerprint density at radius 1 is 1.29 bits per heavy atom. The number of nitrogens with two attached hydrogens (primary N) is 1. The zero-order valence-corrected chi connectivity index (χ0v) is 10.6. The normalized spacial score (nSPS) is 12.4. The van der Waals surface area contributed by atoms with E-state index in [1.54, 1.807) is 6.20 Å². The Hall–Kier alpha value is -1.59. The van der Waals surface area contributed by atoms with Gasteiger partial charge in [0.05, 0.1) is 4.88 Å². The minimum Gasteiger partial charge on any atom is -0.383 e. The van der Waals surface area contributed by atoms with Gasteiger partial charge in [0.2, 0.25) is 0 Å². The monoisotopic (exact) mass is 249 g/mol. The summed E-state index contributed by atoms with van der Waals surface area (Å²) in [4.78, 5) is 6.72. The van der Waals surface area contributed by atoms with Crippen molar-refractivity contribution in [2.45, 2.75) is 6.10 Å². The van der Waals surface area contributed by atoms with Crippen LogP contribution in [0.3, 0.4) is 0 Å². The van der Waals surface area contributed by atoms with E-state index in [0.29, 0.717) is 5.13 Å². The summed E-state index contributed by atoms with van der Waals surface area (Å²) >= 11 is 1.31. The van der Waals surface area contributed by atoms with E-state index in [4.69, 9.17) is 5.73 Å². The number of aliphatic hydroxyl groups excluding tert-OH is 1. The molecule has 2 aromatic rings. The first-order valence-electron chi connectivity index (χ1n) is 5.24. The van der Waals surface area contributed by atoms with Gasteiger partial charge in [-0.15, -0.1) is 0 Å². The Balaban J connectivity index is 2.22. The minimum absolute atomic E-state index is 0.476. The second-order valence-electron chi connectivity index (χ2n) is 3.99. The van der Waals surface area contributed by atoms with Crippen LogP contribution < -0.4 is 10.6 Å². The molecule has 17 heavy (non-hydrogen) atoms. The van der Waals surface area contributed by atoms with E-state index in [2.05, 4.69) is 4.98 Å². The summed E-state index contributed by atoms with van der Waals surface area (Å²) in [6.07, 6.45) is 0.964. The molecule has 1 atom stereocenters. The maximum absolute atomic E-state index is 10.1. The molecule has 0 amide bonds. The molecule has 1 unspecified atom stereocenters. The molecule has 0 fully saturated rings. The maximum Gasteiger partial charge on any atom is 0.180 e. The Bertz CT molecular complexity index is 493. The fourth-order valence-electron chi connectivity index (χ4n) is 1.55. The lowest BCUT2D eigenvalue weighted by atomic mass is 10.1. The second kappa shape index (κ2) is 4.73. The standard InChI is InChI=1S/C12H15N3OS/c1-15(2)9-5-3-8(4-6-9)11(16)10-7-14-12(13)17-10/h3-7,11,16H,1-2H3,(H2,13,14). The molecule has 3 N–H and O–H groups in total. The molecule has 1 heterocycles. The van der Waals surface area contributed by atoms with E-state index < -0.39 is 6.10 Å². The van der Waals surface area contributed by atoms with Crippen LogP contribution in [-0.2, 0) is 0 Å². The molecule has 5 heteroatoms. The molecular weight excluding hydrogens is 234 g/mol. The molecule has 90 valence electrons. The van der Waals surface area contributed by atoms with Crippen LogP contribution >= 0.6 is 11.3 Å². The van der Waals surface area contributed by atoms with Gasteiger partial charge < -0.3 is 15.7 Å². The number of nitrogen functional groups attached to an aromatic ring is 1. The molecule has 2 rings (SSSR count). The number of hydrogen-bond donors (Lipinski definition) is 2. The molecule has 0 spiro atoms. The van der Waals surface area contributed by atoms with Gasteiger partial charge in [0.15, 0.2) is 5.13 Å². The highest BCUT2D eigenvalue weighted by molar-refractivity contribution is 7.15. The van der Waals surface area contributed by atoms with E-state index in [9.17, 15) is 5.11 Å². The van der Waals surface area contributed by atoms with Crippen molar-refractivity contribution in [3.05, 3.63) is 40.9 Å². The zero-order valence-electron chi connectivity index (χ0n) is 9.79. The Kier molecular flexibility index (Phi) is 3.31. The number of benzene rings is 1. The van der Waals surface area contributed by atoms with Gasteiger partial charge in [0.25, 0.3) is 0 Å². The maximum atomic E-state index is 10.1. The van der Waals surface area contributed by atoms with Crippen LogP contribution in [0.5, 0.6) is 0 Å². The van der Waals surface area contributed by atoms with Gasteiger partial charge >= 0.3 is 0 Å². The topological polar surface area (TPSA) is 62.4 Å². The summed E-state index contributed by atoms with van der Waals surface area (Å²) in [5.74, 6) is 0. The molecule has 0 bridgehead atoms. The van der Waals surface area contributed by atoms with Gasteiger partial charge in [-0.05, 0) is 17.7 Å². The average Bonchev–Trinajstić information content (AvgIpc) is 2.75. The quantitative estimate of drug-likeness (QED) is 0.871. The van der Waals surface area contributed by atoms with E-state index in [0.717, 1.165) is 16.1 Å². The molecule has 4 nitrogen and oxygen atoms in total. The van der Waals surface area contributed by atoms with Gasteiger partial charge in [-0.2, -0.15) is 0 Å². The Morgan fingerprint density at radius 3 is 2.41 bits per heavy atom. The number of anilines is 2. The average molecular weight is 249 g/mol. The number of rotatable bonds is 3. The molecule has 0 radical (unpaired) electrons. The number of aliphatic hydroxyl groups is 1. The van der Waals surface area contributed by atoms with Crippen LogP contribution in [0.1, 0.15) is 16.5 Å². The minimum atomic E-state index is -0.652. The van der Waals surface area contributed by atoms with Crippen molar-refractivity contribution in [1.29, 1.82) is 0 Å². The summed E-state index contributed by atoms with van der Waals surface area (Å²) < 4.78 is 0. The summed E-state index contributed by atoms with van der Waals surface area (Å²) in [6, 6.07) is 7.78. The lowest BCUT2D eigenvalue weighted by molar-refractivity contribution is 0.224. The van der Waals surface area contributed by atoms with Crippen molar-refractivity contribution >= 4 is 22.2 Å². The third kappa shape index (κ3) is 2.57. The van der Waals surface area contributed by atoms with Crippen molar-refractivity contribution in [2.24, 2.45) is 0 Å². The predicted molar refractivity (Wildman–Crippen MR) is 71.4 cm³/mol. The lowest BCUT2D eigenvalue weighted by Crippen LogP contribution is -2.08. The lowest BCUT2D eigenvalue weighted by Gasteiger charge is -2.14. The first-order chi connectivity index (χ1) is 8.08. The second-order valence-corrected chi connectivity index (χ2v) is 5.08. The predicted octanol–water partition coefficient (Wildman–Crippen LogP) is 1.87. The van der Waals surface area contributed by atoms with Crippen LogP contribution in [0.2, 0.25) is 0 Å². The van der Waals surface area contributed by atoms with Crippen LogP contribution in [0, 0.1) is 0 Å². The summed E-state index contributed by atoms with van der Waals surface area (Å²) in [6.45, 7) is 0. The first-order valence-corrected chi connectivity index (χ1v) is 6.06. The van der Waals surface area contributed by atoms with Crippen molar-refractivity contribution < 1.29 is 5.11 Å². The van der Waals surface area contributed by atoms with Crippen LogP contribution in [0.4, 0.5) is 10.8 Å². The van der Waals surface area contributed by atoms with Gasteiger partial charge in [-0.25, -0.2) is 4.98 Å². The van der Waals surface area contributed by atoms with Crippen molar-refractivity contribution in [3.63, 3.8) is 0 Å². The number of thiazole rings is 1. The van der Waals surface area contributed by atoms with Crippen LogP contribution in [-0.4, -0.2) is 24.2 Å². The van der Waals surface area contributed by atoms with Gasteiger partial charge in [-0.3, -0.25) is 0 Å². The van der Waals surface area contributed by atoms with Crippen molar-refractivity contribution in [3.8, 4) is 0 Å². The van der Waals surface area contributed by atoms with Gasteiger partial charge in [-0.1, -0.05) is 23.5 Å². The number of hydrogen-bond acceptors (Lipinski definition) is 5. The molecule has 1 aromatic heterocycles. The molecule has 0 saturated carbocycles. The first kappa shape index (κ1) is 11.9. The molecular formula is C12H15N3OS. The largest absolute Gasteiger partial charge is 0.383 e. The third-order valence-electron chi connectivity index (χ3n) is 2.54. The molecule has 0 aliphatic carbocycles. The summed E-state index contributed by atoms with van der Waals surface area (Å²) in [7, 11) is 3.96. The summed E-state index contributed by atoms with van der Waals surface area (Å²) in [5, 5.41) is 10.6. The highest BCUT2D eigenvalue weighted by atomic mass is 32.1. The molecule has 1 aromatic carbocycles. The Labute approximate surface area is 104 Å². The highest BCUT2D eigenvalue weighted by Crippen LogP contribution is 2.28. The van der Waals surface area contributed by atoms with Gasteiger partial charge in [0.1, 0.15) is 6.10 Å². The van der Waals surface area contributed by atoms with Crippen LogP contribution in [0.15, 0.2) is 30.5 Å². The molecule has 0 aliphatic rings.